The highest BCUT2D eigenvalue weighted by molar-refractivity contribution is 14.1. The van der Waals surface area contributed by atoms with E-state index < -0.39 is 0 Å². The van der Waals surface area contributed by atoms with Crippen LogP contribution in [-0.4, -0.2) is 35.0 Å². The van der Waals surface area contributed by atoms with E-state index >= 15 is 0 Å². The molecule has 0 aliphatic carbocycles. The minimum Gasteiger partial charge on any atom is -0.497 e. The topological polar surface area (TPSA) is 42.5 Å². The van der Waals surface area contributed by atoms with Gasteiger partial charge >= 0.3 is 0 Å². The molecule has 0 saturated carbocycles. The lowest BCUT2D eigenvalue weighted by Gasteiger charge is -2.09. The van der Waals surface area contributed by atoms with Crippen LogP contribution in [0.4, 0.5) is 0 Å². The van der Waals surface area contributed by atoms with Gasteiger partial charge in [0, 0.05) is 114 Å². The Bertz CT molecular complexity index is 3450. The number of para-hydroxylation sites is 3. The summed E-state index contributed by atoms with van der Waals surface area (Å²) in [7, 11) is 11.5. The Kier molecular flexibility index (Phi) is 13.4. The van der Waals surface area contributed by atoms with E-state index in [-0.39, 0.29) is 0 Å². The molecule has 0 radical (unpaired) electrons. The first-order chi connectivity index (χ1) is 33.6. The summed E-state index contributed by atoms with van der Waals surface area (Å²) >= 11 is 7.29. The minimum absolute atomic E-state index is 0.883. The van der Waals surface area contributed by atoms with E-state index in [1.165, 1.54) is 110 Å². The third kappa shape index (κ3) is 8.50. The normalized spacial score (nSPS) is 11.3. The van der Waals surface area contributed by atoms with Crippen molar-refractivity contribution in [2.45, 2.75) is 0 Å². The van der Waals surface area contributed by atoms with Gasteiger partial charge in [0.05, 0.1) is 21.3 Å². The second-order valence-corrected chi connectivity index (χ2v) is 20.4. The van der Waals surface area contributed by atoms with Crippen molar-refractivity contribution in [3.05, 3.63) is 193 Å². The van der Waals surface area contributed by atoms with Gasteiger partial charge in [-0.2, -0.15) is 0 Å². The Balaban J connectivity index is 0.000000120. The van der Waals surface area contributed by atoms with Gasteiger partial charge in [0.15, 0.2) is 0 Å². The van der Waals surface area contributed by atoms with E-state index in [1.54, 1.807) is 21.3 Å². The van der Waals surface area contributed by atoms with Crippen LogP contribution in [0.5, 0.6) is 17.2 Å². The monoisotopic (exact) mass is 1240 g/mol. The van der Waals surface area contributed by atoms with Gasteiger partial charge in [-0.05, 0) is 175 Å². The zero-order valence-electron chi connectivity index (χ0n) is 39.0. The van der Waals surface area contributed by atoms with Gasteiger partial charge in [-0.3, -0.25) is 0 Å². The standard InChI is InChI=1S/3C20H16INO/c3*1-22-17-6-4-3-5-15(17)20-18(22)12-11-16(21)19(20)13-7-9-14(23-2)10-8-13/h3*3-12H,1-2H3. The van der Waals surface area contributed by atoms with Crippen molar-refractivity contribution in [3.63, 3.8) is 0 Å². The Labute approximate surface area is 442 Å². The number of aromatic nitrogens is 3. The highest BCUT2D eigenvalue weighted by Gasteiger charge is 2.19. The summed E-state index contributed by atoms with van der Waals surface area (Å²) in [6.45, 7) is 0. The van der Waals surface area contributed by atoms with Gasteiger partial charge in [0.25, 0.3) is 0 Å². The molecule has 69 heavy (non-hydrogen) atoms. The first kappa shape index (κ1) is 46.7. The average Bonchev–Trinajstić information content (AvgIpc) is 3.97. The second kappa shape index (κ2) is 19.8. The third-order valence-electron chi connectivity index (χ3n) is 13.2. The Morgan fingerprint density at radius 1 is 0.290 bits per heavy atom. The number of aryl methyl sites for hydroxylation is 3. The molecule has 12 aromatic rings. The van der Waals surface area contributed by atoms with Crippen LogP contribution >= 0.6 is 67.8 Å². The molecular weight excluding hydrogens is 1190 g/mol. The molecule has 0 aliphatic rings. The van der Waals surface area contributed by atoms with Crippen LogP contribution in [0, 0.1) is 10.7 Å². The summed E-state index contributed by atoms with van der Waals surface area (Å²) in [4.78, 5) is 0. The molecule has 3 heterocycles. The van der Waals surface area contributed by atoms with Crippen LogP contribution in [-0.2, 0) is 21.1 Å². The quantitative estimate of drug-likeness (QED) is 0.156. The summed E-state index contributed by atoms with van der Waals surface area (Å²) in [5, 5.41) is 7.86. The molecule has 0 bridgehead atoms. The lowest BCUT2D eigenvalue weighted by atomic mass is 9.99. The van der Waals surface area contributed by atoms with E-state index in [0.29, 0.717) is 0 Å². The number of hydrogen-bond donors (Lipinski definition) is 0. The molecule has 0 amide bonds. The maximum atomic E-state index is 5.29. The van der Waals surface area contributed by atoms with Gasteiger partial charge in [0.1, 0.15) is 17.2 Å². The Morgan fingerprint density at radius 2 is 0.536 bits per heavy atom. The summed E-state index contributed by atoms with van der Waals surface area (Å²) in [6, 6.07) is 64.0. The highest BCUT2D eigenvalue weighted by Crippen LogP contribution is 2.42. The Morgan fingerprint density at radius 3 is 0.783 bits per heavy atom. The number of methoxy groups -OCH3 is 3. The fraction of sp³-hybridized carbons (Fsp3) is 0.100. The van der Waals surface area contributed by atoms with Crippen molar-refractivity contribution >= 4 is 133 Å². The van der Waals surface area contributed by atoms with Crippen LogP contribution in [0.1, 0.15) is 0 Å². The van der Waals surface area contributed by atoms with E-state index in [1.807, 2.05) is 36.4 Å². The second-order valence-electron chi connectivity index (χ2n) is 16.9. The first-order valence-corrected chi connectivity index (χ1v) is 25.8. The molecular formula is C60H48I3N3O3. The smallest absolute Gasteiger partial charge is 0.118 e. The molecule has 342 valence electrons. The van der Waals surface area contributed by atoms with Crippen LogP contribution in [0.15, 0.2) is 182 Å². The van der Waals surface area contributed by atoms with Gasteiger partial charge in [-0.25, -0.2) is 0 Å². The highest BCUT2D eigenvalue weighted by atomic mass is 127. The number of halogens is 3. The average molecular weight is 1240 g/mol. The number of ether oxygens (including phenoxy) is 3. The maximum Gasteiger partial charge on any atom is 0.118 e. The Hall–Kier alpha value is -6.03. The molecule has 0 spiro atoms. The molecule has 0 atom stereocenters. The summed E-state index contributed by atoms with van der Waals surface area (Å²) in [5.41, 5.74) is 15.1. The third-order valence-corrected chi connectivity index (χ3v) is 15.9. The van der Waals surface area contributed by atoms with Crippen molar-refractivity contribution in [3.8, 4) is 50.6 Å². The van der Waals surface area contributed by atoms with Crippen LogP contribution in [0.2, 0.25) is 0 Å². The minimum atomic E-state index is 0.883. The number of nitrogens with zero attached hydrogens (tertiary/aromatic N) is 3. The van der Waals surface area contributed by atoms with Gasteiger partial charge in [-0.15, -0.1) is 0 Å². The lowest BCUT2D eigenvalue weighted by Crippen LogP contribution is -1.89. The SMILES string of the molecule is COc1ccc(-c2c(I)ccc3c2c2ccccc2n3C)cc1.COc1ccc(-c2c(I)ccc3c2c2ccccc2n3C)cc1.COc1ccc(-c2c(I)ccc3c2c2ccccc2n3C)cc1. The summed E-state index contributed by atoms with van der Waals surface area (Å²) in [6.07, 6.45) is 0. The number of benzene rings is 9. The number of rotatable bonds is 6. The van der Waals surface area contributed by atoms with E-state index in [0.717, 1.165) is 17.2 Å². The van der Waals surface area contributed by atoms with Gasteiger partial charge < -0.3 is 27.9 Å². The number of hydrogen-bond acceptors (Lipinski definition) is 3. The predicted octanol–water partition coefficient (Wildman–Crippen LogP) is 16.8. The summed E-state index contributed by atoms with van der Waals surface area (Å²) in [5.74, 6) is 2.65. The van der Waals surface area contributed by atoms with Crippen LogP contribution in [0.25, 0.3) is 98.8 Å². The largest absolute Gasteiger partial charge is 0.497 e. The van der Waals surface area contributed by atoms with Crippen LogP contribution in [0.3, 0.4) is 0 Å². The molecule has 6 nitrogen and oxygen atoms in total. The summed E-state index contributed by atoms with van der Waals surface area (Å²) < 4.78 is 26.5. The van der Waals surface area contributed by atoms with Crippen molar-refractivity contribution < 1.29 is 14.2 Å². The van der Waals surface area contributed by atoms with E-state index in [9.17, 15) is 0 Å². The fourth-order valence-electron chi connectivity index (χ4n) is 9.80. The number of fused-ring (bicyclic) bond motifs is 9. The molecule has 3 aromatic heterocycles. The molecule has 0 unspecified atom stereocenters. The zero-order chi connectivity index (χ0) is 47.9. The van der Waals surface area contributed by atoms with Gasteiger partial charge in [-0.1, -0.05) is 91.0 Å². The van der Waals surface area contributed by atoms with Gasteiger partial charge in [0.2, 0.25) is 0 Å². The fourth-order valence-corrected chi connectivity index (χ4v) is 12.1. The van der Waals surface area contributed by atoms with Crippen molar-refractivity contribution in [1.82, 2.24) is 13.7 Å². The molecule has 12 rings (SSSR count). The lowest BCUT2D eigenvalue weighted by molar-refractivity contribution is 0.415. The first-order valence-electron chi connectivity index (χ1n) is 22.5. The van der Waals surface area contributed by atoms with E-state index in [2.05, 4.69) is 248 Å². The molecule has 0 N–H and O–H groups in total. The molecule has 9 aromatic carbocycles. The molecule has 0 saturated heterocycles. The van der Waals surface area contributed by atoms with Crippen molar-refractivity contribution in [1.29, 1.82) is 0 Å². The van der Waals surface area contributed by atoms with E-state index in [4.69, 9.17) is 14.2 Å². The maximum absolute atomic E-state index is 5.29. The van der Waals surface area contributed by atoms with Crippen molar-refractivity contribution in [2.24, 2.45) is 21.1 Å². The van der Waals surface area contributed by atoms with Crippen molar-refractivity contribution in [2.75, 3.05) is 21.3 Å². The van der Waals surface area contributed by atoms with Crippen LogP contribution < -0.4 is 14.2 Å². The molecule has 0 aliphatic heterocycles. The molecule has 9 heteroatoms. The molecule has 0 fully saturated rings. The zero-order valence-corrected chi connectivity index (χ0v) is 45.5. The predicted molar refractivity (Wildman–Crippen MR) is 315 cm³/mol.